The van der Waals surface area contributed by atoms with Gasteiger partial charge >= 0.3 is 0 Å². The second kappa shape index (κ2) is 9.78. The van der Waals surface area contributed by atoms with Gasteiger partial charge in [0.05, 0.1) is 18.8 Å². The molecule has 1 aliphatic heterocycles. The van der Waals surface area contributed by atoms with Crippen LogP contribution < -0.4 is 4.90 Å². The molecule has 1 atom stereocenters. The fraction of sp³-hybridized carbons (Fsp3) is 0.333. The van der Waals surface area contributed by atoms with Crippen LogP contribution in [-0.4, -0.2) is 76.2 Å². The van der Waals surface area contributed by atoms with Crippen LogP contribution in [0.25, 0.3) is 0 Å². The Morgan fingerprint density at radius 1 is 1.09 bits per heavy atom. The number of anilines is 1. The van der Waals surface area contributed by atoms with E-state index in [0.717, 1.165) is 17.1 Å². The molecule has 0 N–H and O–H groups in total. The molecule has 4 aromatic rings. The molecule has 10 heteroatoms. The Bertz CT molecular complexity index is 1190. The molecule has 3 aromatic heterocycles. The fourth-order valence-electron chi connectivity index (χ4n) is 4.29. The van der Waals surface area contributed by atoms with E-state index in [-0.39, 0.29) is 11.9 Å². The third-order valence-corrected chi connectivity index (χ3v) is 6.97. The van der Waals surface area contributed by atoms with Crippen molar-refractivity contribution in [1.29, 1.82) is 0 Å². The summed E-state index contributed by atoms with van der Waals surface area (Å²) < 4.78 is 7.20. The maximum atomic E-state index is 12.7. The average Bonchev–Trinajstić information content (AvgIpc) is 3.64. The Balaban J connectivity index is 1.41. The standard InChI is InChI=1S/C24H27N7O2S/c1-28(2)19-9-7-18(8-10-19)22(23-25-26-27-31(23)17-20-5-4-16-34-20)29-11-13-30(14-12-29)24(32)21-6-3-15-33-21/h3-10,15-16,22H,11-14,17H2,1-2H3. The van der Waals surface area contributed by atoms with Crippen LogP contribution in [0.15, 0.2) is 64.6 Å². The average molecular weight is 478 g/mol. The van der Waals surface area contributed by atoms with Crippen molar-refractivity contribution in [2.45, 2.75) is 12.6 Å². The van der Waals surface area contributed by atoms with Crippen LogP contribution in [0.5, 0.6) is 0 Å². The van der Waals surface area contributed by atoms with E-state index >= 15 is 0 Å². The number of aromatic nitrogens is 4. The molecule has 1 aromatic carbocycles. The van der Waals surface area contributed by atoms with E-state index in [4.69, 9.17) is 4.42 Å². The number of hydrogen-bond donors (Lipinski definition) is 0. The number of amides is 1. The number of piperazine rings is 1. The van der Waals surface area contributed by atoms with Crippen molar-refractivity contribution in [2.24, 2.45) is 0 Å². The number of tetrazole rings is 1. The number of nitrogens with zero attached hydrogens (tertiary/aromatic N) is 7. The van der Waals surface area contributed by atoms with E-state index in [0.29, 0.717) is 38.5 Å². The van der Waals surface area contributed by atoms with Crippen LogP contribution in [0.1, 0.15) is 32.9 Å². The van der Waals surface area contributed by atoms with Gasteiger partial charge in [0.1, 0.15) is 0 Å². The second-order valence-corrected chi connectivity index (χ2v) is 9.50. The van der Waals surface area contributed by atoms with Crippen molar-refractivity contribution in [1.82, 2.24) is 30.0 Å². The first-order valence-electron chi connectivity index (χ1n) is 11.2. The van der Waals surface area contributed by atoms with Crippen molar-refractivity contribution in [2.75, 3.05) is 45.2 Å². The Labute approximate surface area is 202 Å². The van der Waals surface area contributed by atoms with Gasteiger partial charge in [0.15, 0.2) is 11.6 Å². The Hall–Kier alpha value is -3.50. The number of thiophene rings is 1. The maximum Gasteiger partial charge on any atom is 0.289 e. The van der Waals surface area contributed by atoms with Crippen molar-refractivity contribution < 1.29 is 9.21 Å². The molecule has 34 heavy (non-hydrogen) atoms. The first-order valence-corrected chi connectivity index (χ1v) is 12.1. The van der Waals surface area contributed by atoms with E-state index in [9.17, 15) is 4.79 Å². The van der Waals surface area contributed by atoms with Crippen molar-refractivity contribution in [3.8, 4) is 0 Å². The van der Waals surface area contributed by atoms with Crippen LogP contribution in [0.2, 0.25) is 0 Å². The first kappa shape index (κ1) is 22.3. The van der Waals surface area contributed by atoms with E-state index in [1.54, 1.807) is 23.5 Å². The predicted octanol–water partition coefficient (Wildman–Crippen LogP) is 2.99. The van der Waals surface area contributed by atoms with Gasteiger partial charge in [-0.15, -0.1) is 16.4 Å². The lowest BCUT2D eigenvalue weighted by molar-refractivity contribution is 0.0559. The quantitative estimate of drug-likeness (QED) is 0.405. The minimum Gasteiger partial charge on any atom is -0.459 e. The van der Waals surface area contributed by atoms with Crippen LogP contribution in [0, 0.1) is 0 Å². The number of hydrogen-bond acceptors (Lipinski definition) is 8. The number of furan rings is 1. The lowest BCUT2D eigenvalue weighted by atomic mass is 10.0. The largest absolute Gasteiger partial charge is 0.459 e. The molecule has 9 nitrogen and oxygen atoms in total. The number of carbonyl (C=O) groups is 1. The first-order chi connectivity index (χ1) is 16.6. The van der Waals surface area contributed by atoms with Gasteiger partial charge in [0.2, 0.25) is 0 Å². The zero-order chi connectivity index (χ0) is 23.5. The van der Waals surface area contributed by atoms with E-state index in [2.05, 4.69) is 61.0 Å². The minimum atomic E-state index is -0.118. The molecule has 176 valence electrons. The molecular formula is C24H27N7O2S. The molecule has 4 heterocycles. The predicted molar refractivity (Wildman–Crippen MR) is 130 cm³/mol. The molecule has 0 aliphatic carbocycles. The SMILES string of the molecule is CN(C)c1ccc(C(c2nnnn2Cc2cccs2)N2CCN(C(=O)c3ccco3)CC2)cc1. The lowest BCUT2D eigenvalue weighted by Gasteiger charge is -2.38. The maximum absolute atomic E-state index is 12.7. The molecule has 1 amide bonds. The highest BCUT2D eigenvalue weighted by molar-refractivity contribution is 7.09. The van der Waals surface area contributed by atoms with Gasteiger partial charge in [-0.05, 0) is 51.7 Å². The lowest BCUT2D eigenvalue weighted by Crippen LogP contribution is -2.50. The van der Waals surface area contributed by atoms with Crippen LogP contribution >= 0.6 is 11.3 Å². The molecular weight excluding hydrogens is 450 g/mol. The number of rotatable bonds is 7. The van der Waals surface area contributed by atoms with Crippen molar-refractivity contribution in [3.63, 3.8) is 0 Å². The zero-order valence-corrected chi connectivity index (χ0v) is 20.1. The normalized spacial score (nSPS) is 15.4. The monoisotopic (exact) mass is 477 g/mol. The summed E-state index contributed by atoms with van der Waals surface area (Å²) in [6.45, 7) is 3.26. The van der Waals surface area contributed by atoms with Gasteiger partial charge in [-0.2, -0.15) is 0 Å². The molecule has 0 spiro atoms. The van der Waals surface area contributed by atoms with Gasteiger partial charge in [0, 0.05) is 50.8 Å². The third kappa shape index (κ3) is 4.59. The van der Waals surface area contributed by atoms with Gasteiger partial charge in [-0.25, -0.2) is 4.68 Å². The summed E-state index contributed by atoms with van der Waals surface area (Å²) in [5, 5.41) is 14.8. The van der Waals surface area contributed by atoms with Gasteiger partial charge in [-0.1, -0.05) is 18.2 Å². The summed E-state index contributed by atoms with van der Waals surface area (Å²) in [7, 11) is 4.06. The summed E-state index contributed by atoms with van der Waals surface area (Å²) in [5.41, 5.74) is 2.26. The second-order valence-electron chi connectivity index (χ2n) is 8.47. The van der Waals surface area contributed by atoms with Crippen LogP contribution in [0.3, 0.4) is 0 Å². The Morgan fingerprint density at radius 2 is 1.88 bits per heavy atom. The Morgan fingerprint density at radius 3 is 2.53 bits per heavy atom. The molecule has 5 rings (SSSR count). The molecule has 0 saturated carbocycles. The fourth-order valence-corrected chi connectivity index (χ4v) is 4.97. The summed E-state index contributed by atoms with van der Waals surface area (Å²) in [6, 6.07) is 16.0. The van der Waals surface area contributed by atoms with Crippen LogP contribution in [0.4, 0.5) is 5.69 Å². The van der Waals surface area contributed by atoms with Crippen molar-refractivity contribution in [3.05, 3.63) is 82.2 Å². The van der Waals surface area contributed by atoms with Gasteiger partial charge in [-0.3, -0.25) is 9.69 Å². The summed E-state index contributed by atoms with van der Waals surface area (Å²) in [4.78, 5) is 20.2. The highest BCUT2D eigenvalue weighted by Gasteiger charge is 2.32. The summed E-state index contributed by atoms with van der Waals surface area (Å²) >= 11 is 1.69. The van der Waals surface area contributed by atoms with Gasteiger partial charge in [0.25, 0.3) is 5.91 Å². The molecule has 1 unspecified atom stereocenters. The third-order valence-electron chi connectivity index (χ3n) is 6.11. The molecule has 1 saturated heterocycles. The molecule has 0 bridgehead atoms. The van der Waals surface area contributed by atoms with E-state index < -0.39 is 0 Å². The summed E-state index contributed by atoms with van der Waals surface area (Å²) in [6.07, 6.45) is 1.53. The smallest absolute Gasteiger partial charge is 0.289 e. The zero-order valence-electron chi connectivity index (χ0n) is 19.2. The molecule has 0 radical (unpaired) electrons. The highest BCUT2D eigenvalue weighted by Crippen LogP contribution is 2.30. The van der Waals surface area contributed by atoms with E-state index in [1.165, 1.54) is 11.1 Å². The van der Waals surface area contributed by atoms with Gasteiger partial charge < -0.3 is 14.2 Å². The number of benzene rings is 1. The summed E-state index contributed by atoms with van der Waals surface area (Å²) in [5.74, 6) is 1.11. The van der Waals surface area contributed by atoms with Crippen molar-refractivity contribution >= 4 is 22.9 Å². The van der Waals surface area contributed by atoms with E-state index in [1.807, 2.05) is 29.7 Å². The number of carbonyl (C=O) groups excluding carboxylic acids is 1. The minimum absolute atomic E-state index is 0.0703. The molecule has 1 fully saturated rings. The molecule has 1 aliphatic rings. The topological polar surface area (TPSA) is 83.5 Å². The van der Waals surface area contributed by atoms with Crippen LogP contribution in [-0.2, 0) is 6.54 Å². The highest BCUT2D eigenvalue weighted by atomic mass is 32.1. The Kier molecular flexibility index (Phi) is 6.41.